The van der Waals surface area contributed by atoms with E-state index in [1.54, 1.807) is 42.2 Å². The van der Waals surface area contributed by atoms with Crippen LogP contribution in [0, 0.1) is 0 Å². The molecule has 1 N–H and O–H groups in total. The number of hydrogen-bond acceptors (Lipinski definition) is 6. The number of aryl methyl sites for hydroxylation is 1. The number of benzene rings is 1. The average molecular weight is 423 g/mol. The smallest absolute Gasteiger partial charge is 0.257 e. The van der Waals surface area contributed by atoms with Gasteiger partial charge in [0.25, 0.3) is 11.8 Å². The van der Waals surface area contributed by atoms with Crippen molar-refractivity contribution in [2.24, 2.45) is 7.05 Å². The van der Waals surface area contributed by atoms with Crippen LogP contribution in [-0.2, 0) is 16.5 Å². The molecule has 9 heteroatoms. The minimum Gasteiger partial charge on any atom is -0.383 e. The number of pyridine rings is 1. The highest BCUT2D eigenvalue weighted by Crippen LogP contribution is 2.26. The zero-order chi connectivity index (χ0) is 21.8. The number of nitrogens with zero attached hydrogens (tertiary/aromatic N) is 4. The van der Waals surface area contributed by atoms with Gasteiger partial charge in [0.1, 0.15) is 6.10 Å². The second-order valence-electron chi connectivity index (χ2n) is 7.37. The van der Waals surface area contributed by atoms with E-state index >= 15 is 0 Å². The largest absolute Gasteiger partial charge is 0.383 e. The van der Waals surface area contributed by atoms with Gasteiger partial charge in [-0.25, -0.2) is 4.98 Å². The molecule has 1 aromatic carbocycles. The number of nitrogens with one attached hydrogen (secondary N) is 1. The van der Waals surface area contributed by atoms with E-state index in [1.807, 2.05) is 24.3 Å². The van der Waals surface area contributed by atoms with E-state index in [0.717, 1.165) is 5.39 Å². The summed E-state index contributed by atoms with van der Waals surface area (Å²) >= 11 is 0. The molecule has 2 amide bonds. The summed E-state index contributed by atoms with van der Waals surface area (Å²) in [6, 6.07) is 9.25. The zero-order valence-corrected chi connectivity index (χ0v) is 17.6. The number of fused-ring (bicyclic) bond motifs is 1. The summed E-state index contributed by atoms with van der Waals surface area (Å²) in [5.41, 5.74) is 2.39. The van der Waals surface area contributed by atoms with Crippen LogP contribution in [0.4, 0.5) is 0 Å². The SMILES string of the molecule is COCCNC(=O)c1cc(C2CN(C(=O)c3cnn(C)c3)CCO2)nc2ccccc12. The van der Waals surface area contributed by atoms with Crippen molar-refractivity contribution >= 4 is 22.7 Å². The highest BCUT2D eigenvalue weighted by Gasteiger charge is 2.28. The summed E-state index contributed by atoms with van der Waals surface area (Å²) in [4.78, 5) is 32.1. The normalized spacial score (nSPS) is 16.5. The van der Waals surface area contributed by atoms with Crippen molar-refractivity contribution in [3.05, 3.63) is 59.5 Å². The third kappa shape index (κ3) is 4.57. The highest BCUT2D eigenvalue weighted by molar-refractivity contribution is 6.06. The lowest BCUT2D eigenvalue weighted by Gasteiger charge is -2.32. The summed E-state index contributed by atoms with van der Waals surface area (Å²) in [6.45, 7) is 2.07. The van der Waals surface area contributed by atoms with Gasteiger partial charge >= 0.3 is 0 Å². The van der Waals surface area contributed by atoms with Crippen LogP contribution in [-0.4, -0.2) is 71.4 Å². The summed E-state index contributed by atoms with van der Waals surface area (Å²) in [5.74, 6) is -0.296. The molecule has 3 heterocycles. The summed E-state index contributed by atoms with van der Waals surface area (Å²) < 4.78 is 12.6. The van der Waals surface area contributed by atoms with Gasteiger partial charge in [-0.2, -0.15) is 5.10 Å². The van der Waals surface area contributed by atoms with E-state index in [0.29, 0.717) is 55.2 Å². The minimum atomic E-state index is -0.426. The number of para-hydroxylation sites is 1. The molecule has 31 heavy (non-hydrogen) atoms. The lowest BCUT2D eigenvalue weighted by atomic mass is 10.0. The molecule has 0 bridgehead atoms. The first kappa shape index (κ1) is 21.0. The summed E-state index contributed by atoms with van der Waals surface area (Å²) in [5, 5.41) is 7.71. The maximum atomic E-state index is 12.8. The third-order valence-electron chi connectivity index (χ3n) is 5.21. The Morgan fingerprint density at radius 3 is 2.94 bits per heavy atom. The molecule has 0 spiro atoms. The Hall–Kier alpha value is -3.30. The fourth-order valence-corrected chi connectivity index (χ4v) is 3.64. The number of carbonyl (C=O) groups is 2. The van der Waals surface area contributed by atoms with Gasteiger partial charge in [0, 0.05) is 38.8 Å². The van der Waals surface area contributed by atoms with Crippen LogP contribution in [0.3, 0.4) is 0 Å². The van der Waals surface area contributed by atoms with E-state index in [1.165, 1.54) is 0 Å². The zero-order valence-electron chi connectivity index (χ0n) is 17.6. The molecule has 1 atom stereocenters. The lowest BCUT2D eigenvalue weighted by Crippen LogP contribution is -2.42. The fourth-order valence-electron chi connectivity index (χ4n) is 3.64. The van der Waals surface area contributed by atoms with E-state index in [9.17, 15) is 9.59 Å². The monoisotopic (exact) mass is 423 g/mol. The van der Waals surface area contributed by atoms with E-state index in [4.69, 9.17) is 14.5 Å². The Labute approximate surface area is 180 Å². The molecule has 9 nitrogen and oxygen atoms in total. The molecular weight excluding hydrogens is 398 g/mol. The van der Waals surface area contributed by atoms with Crippen molar-refractivity contribution in [2.45, 2.75) is 6.10 Å². The van der Waals surface area contributed by atoms with Crippen molar-refractivity contribution in [3.8, 4) is 0 Å². The Kier molecular flexibility index (Phi) is 6.24. The second-order valence-corrected chi connectivity index (χ2v) is 7.37. The van der Waals surface area contributed by atoms with E-state index < -0.39 is 6.10 Å². The molecular formula is C22H25N5O4. The molecule has 162 valence electrons. The number of hydrogen-bond donors (Lipinski definition) is 1. The molecule has 1 unspecified atom stereocenters. The molecule has 2 aromatic heterocycles. The number of amides is 2. The first-order valence-electron chi connectivity index (χ1n) is 10.1. The minimum absolute atomic E-state index is 0.0975. The van der Waals surface area contributed by atoms with Gasteiger partial charge in [0.2, 0.25) is 0 Å². The summed E-state index contributed by atoms with van der Waals surface area (Å²) in [6.07, 6.45) is 2.83. The number of aromatic nitrogens is 3. The first-order chi connectivity index (χ1) is 15.1. The molecule has 1 aliphatic rings. The van der Waals surface area contributed by atoms with Crippen LogP contribution < -0.4 is 5.32 Å². The van der Waals surface area contributed by atoms with Crippen LogP contribution in [0.15, 0.2) is 42.7 Å². The van der Waals surface area contributed by atoms with Crippen molar-refractivity contribution in [1.29, 1.82) is 0 Å². The van der Waals surface area contributed by atoms with Gasteiger partial charge in [-0.05, 0) is 12.1 Å². The number of methoxy groups -OCH3 is 1. The van der Waals surface area contributed by atoms with Gasteiger partial charge in [-0.1, -0.05) is 18.2 Å². The third-order valence-corrected chi connectivity index (χ3v) is 5.21. The standard InChI is InChI=1S/C22H25N5O4/c1-26-13-15(12-24-26)22(29)27-8-10-31-20(14-27)19-11-17(21(28)23-7-9-30-2)16-5-3-4-6-18(16)25-19/h3-6,11-13,20H,7-10,14H2,1-2H3,(H,23,28). The second kappa shape index (κ2) is 9.23. The Bertz CT molecular complexity index is 1100. The van der Waals surface area contributed by atoms with Crippen molar-refractivity contribution in [2.75, 3.05) is 40.0 Å². The van der Waals surface area contributed by atoms with Gasteiger partial charge < -0.3 is 19.7 Å². The maximum absolute atomic E-state index is 12.8. The molecule has 1 saturated heterocycles. The average Bonchev–Trinajstić information content (AvgIpc) is 3.24. The Balaban J connectivity index is 1.61. The predicted octanol–water partition coefficient (Wildman–Crippen LogP) is 1.56. The number of rotatable bonds is 6. The molecule has 4 rings (SSSR count). The molecule has 0 saturated carbocycles. The highest BCUT2D eigenvalue weighted by atomic mass is 16.5. The molecule has 0 radical (unpaired) electrons. The van der Waals surface area contributed by atoms with Crippen LogP contribution in [0.5, 0.6) is 0 Å². The van der Waals surface area contributed by atoms with Gasteiger partial charge in [-0.3, -0.25) is 14.3 Å². The van der Waals surface area contributed by atoms with Gasteiger partial charge in [0.05, 0.1) is 48.3 Å². The van der Waals surface area contributed by atoms with Gasteiger partial charge in [0.15, 0.2) is 0 Å². The number of ether oxygens (including phenoxy) is 2. The maximum Gasteiger partial charge on any atom is 0.257 e. The molecule has 1 fully saturated rings. The Morgan fingerprint density at radius 1 is 1.32 bits per heavy atom. The van der Waals surface area contributed by atoms with E-state index in [-0.39, 0.29) is 11.8 Å². The van der Waals surface area contributed by atoms with Crippen LogP contribution in [0.25, 0.3) is 10.9 Å². The Morgan fingerprint density at radius 2 is 2.16 bits per heavy atom. The predicted molar refractivity (Wildman–Crippen MR) is 114 cm³/mol. The van der Waals surface area contributed by atoms with E-state index in [2.05, 4.69) is 10.4 Å². The van der Waals surface area contributed by atoms with Crippen molar-refractivity contribution in [3.63, 3.8) is 0 Å². The molecule has 3 aromatic rings. The first-order valence-corrected chi connectivity index (χ1v) is 10.1. The van der Waals surface area contributed by atoms with Gasteiger partial charge in [-0.15, -0.1) is 0 Å². The van der Waals surface area contributed by atoms with Crippen molar-refractivity contribution < 1.29 is 19.1 Å². The fraction of sp³-hybridized carbons (Fsp3) is 0.364. The topological polar surface area (TPSA) is 98.6 Å². The van der Waals surface area contributed by atoms with Crippen molar-refractivity contribution in [1.82, 2.24) is 25.0 Å². The number of carbonyl (C=O) groups excluding carboxylic acids is 2. The van der Waals surface area contributed by atoms with Crippen LogP contribution in [0.2, 0.25) is 0 Å². The summed E-state index contributed by atoms with van der Waals surface area (Å²) in [7, 11) is 3.36. The van der Waals surface area contributed by atoms with Crippen LogP contribution in [0.1, 0.15) is 32.5 Å². The quantitative estimate of drug-likeness (QED) is 0.604. The number of morpholine rings is 1. The molecule has 0 aliphatic carbocycles. The van der Waals surface area contributed by atoms with Crippen LogP contribution >= 0.6 is 0 Å². The molecule has 1 aliphatic heterocycles. The lowest BCUT2D eigenvalue weighted by molar-refractivity contribution is -0.0246.